The standard InChI is InChI=1S/C12H11N5O.CH2O2/c1-18-12-11-16-7-10(17(11)5-4-15-12)8-6-14-3-2-9(8)13;2-1-3/h2-7H,1H3,(H2,13,14);1H,(H,2,3). The first kappa shape index (κ1) is 14.3. The molecule has 0 aliphatic rings. The highest BCUT2D eigenvalue weighted by molar-refractivity contribution is 5.75. The first-order valence-electron chi connectivity index (χ1n) is 5.86. The van der Waals surface area contributed by atoms with E-state index in [2.05, 4.69) is 15.0 Å². The number of nitrogen functional groups attached to an aromatic ring is 1. The van der Waals surface area contributed by atoms with Crippen molar-refractivity contribution in [2.75, 3.05) is 12.8 Å². The predicted molar refractivity (Wildman–Crippen MR) is 75.9 cm³/mol. The van der Waals surface area contributed by atoms with Crippen LogP contribution in [0.3, 0.4) is 0 Å². The lowest BCUT2D eigenvalue weighted by Crippen LogP contribution is -1.96. The van der Waals surface area contributed by atoms with E-state index in [1.807, 2.05) is 10.6 Å². The summed E-state index contributed by atoms with van der Waals surface area (Å²) in [5.41, 5.74) is 8.94. The maximum absolute atomic E-state index is 8.36. The van der Waals surface area contributed by atoms with Crippen molar-refractivity contribution in [3.05, 3.63) is 37.1 Å². The Hall–Kier alpha value is -3.16. The number of rotatable bonds is 2. The van der Waals surface area contributed by atoms with Crippen LogP contribution in [0.25, 0.3) is 16.9 Å². The van der Waals surface area contributed by atoms with Crippen LogP contribution in [0, 0.1) is 0 Å². The Bertz CT molecular complexity index is 756. The number of nitrogens with two attached hydrogens (primary N) is 1. The topological polar surface area (TPSA) is 116 Å². The van der Waals surface area contributed by atoms with Crippen molar-refractivity contribution in [3.63, 3.8) is 0 Å². The smallest absolute Gasteiger partial charge is 0.290 e. The summed E-state index contributed by atoms with van der Waals surface area (Å²) in [6, 6.07) is 1.76. The molecule has 0 aliphatic heterocycles. The van der Waals surface area contributed by atoms with E-state index in [9.17, 15) is 0 Å². The van der Waals surface area contributed by atoms with Crippen molar-refractivity contribution < 1.29 is 14.6 Å². The van der Waals surface area contributed by atoms with Crippen LogP contribution in [0.5, 0.6) is 5.88 Å². The minimum Gasteiger partial charge on any atom is -0.483 e. The molecule has 0 aliphatic carbocycles. The number of carbonyl (C=O) groups is 1. The minimum absolute atomic E-state index is 0.250. The Balaban J connectivity index is 0.000000497. The Morgan fingerprint density at radius 1 is 1.33 bits per heavy atom. The molecular weight excluding hydrogens is 274 g/mol. The third-order valence-electron chi connectivity index (χ3n) is 2.72. The molecule has 108 valence electrons. The summed E-state index contributed by atoms with van der Waals surface area (Å²) >= 11 is 0. The number of ether oxygens (including phenoxy) is 1. The molecule has 3 heterocycles. The van der Waals surface area contributed by atoms with E-state index in [-0.39, 0.29) is 6.47 Å². The van der Waals surface area contributed by atoms with Crippen LogP contribution in [0.2, 0.25) is 0 Å². The lowest BCUT2D eigenvalue weighted by molar-refractivity contribution is -0.122. The van der Waals surface area contributed by atoms with Gasteiger partial charge in [-0.2, -0.15) is 0 Å². The van der Waals surface area contributed by atoms with E-state index >= 15 is 0 Å². The van der Waals surface area contributed by atoms with Crippen molar-refractivity contribution in [1.82, 2.24) is 19.4 Å². The number of methoxy groups -OCH3 is 1. The van der Waals surface area contributed by atoms with Gasteiger partial charge in [-0.1, -0.05) is 0 Å². The van der Waals surface area contributed by atoms with Gasteiger partial charge in [-0.15, -0.1) is 0 Å². The van der Waals surface area contributed by atoms with Gasteiger partial charge in [0.05, 0.1) is 19.0 Å². The molecule has 8 nitrogen and oxygen atoms in total. The maximum Gasteiger partial charge on any atom is 0.290 e. The van der Waals surface area contributed by atoms with Gasteiger partial charge in [-0.05, 0) is 6.07 Å². The molecule has 0 radical (unpaired) electrons. The second-order valence-electron chi connectivity index (χ2n) is 3.84. The molecule has 0 aromatic carbocycles. The van der Waals surface area contributed by atoms with E-state index in [1.165, 1.54) is 0 Å². The van der Waals surface area contributed by atoms with Crippen LogP contribution in [-0.2, 0) is 4.79 Å². The fourth-order valence-corrected chi connectivity index (χ4v) is 1.86. The lowest BCUT2D eigenvalue weighted by Gasteiger charge is -2.05. The summed E-state index contributed by atoms with van der Waals surface area (Å²) in [7, 11) is 1.56. The van der Waals surface area contributed by atoms with Gasteiger partial charge in [0.25, 0.3) is 12.4 Å². The van der Waals surface area contributed by atoms with Crippen molar-refractivity contribution in [3.8, 4) is 17.1 Å². The molecule has 0 bridgehead atoms. The van der Waals surface area contributed by atoms with Crippen molar-refractivity contribution in [2.24, 2.45) is 0 Å². The first-order valence-corrected chi connectivity index (χ1v) is 5.86. The number of pyridine rings is 1. The average molecular weight is 287 g/mol. The number of hydrogen-bond acceptors (Lipinski definition) is 6. The van der Waals surface area contributed by atoms with Gasteiger partial charge in [-0.3, -0.25) is 14.2 Å². The molecule has 3 N–H and O–H groups in total. The zero-order valence-electron chi connectivity index (χ0n) is 11.2. The molecular formula is C13H13N5O3. The van der Waals surface area contributed by atoms with Crippen LogP contribution in [0.4, 0.5) is 5.69 Å². The van der Waals surface area contributed by atoms with Gasteiger partial charge in [0, 0.05) is 36.0 Å². The molecule has 3 aromatic heterocycles. The monoisotopic (exact) mass is 287 g/mol. The largest absolute Gasteiger partial charge is 0.483 e. The predicted octanol–water partition coefficient (Wildman–Crippen LogP) is 1.08. The third-order valence-corrected chi connectivity index (χ3v) is 2.72. The summed E-state index contributed by atoms with van der Waals surface area (Å²) in [6.45, 7) is -0.250. The number of carboxylic acid groups (broad SMARTS) is 1. The first-order chi connectivity index (χ1) is 10.2. The Labute approximate surface area is 119 Å². The van der Waals surface area contributed by atoms with E-state index in [0.29, 0.717) is 17.2 Å². The molecule has 3 aromatic rings. The summed E-state index contributed by atoms with van der Waals surface area (Å²) in [4.78, 5) is 20.8. The van der Waals surface area contributed by atoms with Crippen molar-refractivity contribution in [1.29, 1.82) is 0 Å². The van der Waals surface area contributed by atoms with Crippen LogP contribution in [0.1, 0.15) is 0 Å². The number of fused-ring (bicyclic) bond motifs is 1. The molecule has 0 spiro atoms. The summed E-state index contributed by atoms with van der Waals surface area (Å²) < 4.78 is 7.04. The second-order valence-corrected chi connectivity index (χ2v) is 3.84. The average Bonchev–Trinajstić information content (AvgIpc) is 2.92. The Morgan fingerprint density at radius 2 is 2.10 bits per heavy atom. The SMILES string of the molecule is COc1nccn2c(-c3cnccc3N)cnc12.O=CO. The van der Waals surface area contributed by atoms with Gasteiger partial charge >= 0.3 is 0 Å². The normalized spacial score (nSPS) is 9.76. The number of aromatic nitrogens is 4. The van der Waals surface area contributed by atoms with Crippen LogP contribution >= 0.6 is 0 Å². The third kappa shape index (κ3) is 2.73. The molecule has 0 unspecified atom stereocenters. The minimum atomic E-state index is -0.250. The van der Waals surface area contributed by atoms with Gasteiger partial charge < -0.3 is 15.6 Å². The maximum atomic E-state index is 8.36. The molecule has 0 fully saturated rings. The fourth-order valence-electron chi connectivity index (χ4n) is 1.86. The van der Waals surface area contributed by atoms with E-state index in [1.54, 1.807) is 38.0 Å². The quantitative estimate of drug-likeness (QED) is 0.677. The molecule has 0 saturated carbocycles. The number of imidazole rings is 1. The van der Waals surface area contributed by atoms with Gasteiger partial charge in [0.15, 0.2) is 0 Å². The summed E-state index contributed by atoms with van der Waals surface area (Å²) in [5, 5.41) is 6.89. The molecule has 0 amide bonds. The van der Waals surface area contributed by atoms with Crippen LogP contribution in [-0.4, -0.2) is 38.0 Å². The summed E-state index contributed by atoms with van der Waals surface area (Å²) in [6.07, 6.45) is 8.57. The van der Waals surface area contributed by atoms with Gasteiger partial charge in [0.2, 0.25) is 5.65 Å². The molecule has 8 heteroatoms. The molecule has 3 rings (SSSR count). The Morgan fingerprint density at radius 3 is 2.76 bits per heavy atom. The molecule has 0 atom stereocenters. The van der Waals surface area contributed by atoms with E-state index in [4.69, 9.17) is 20.4 Å². The number of anilines is 1. The van der Waals surface area contributed by atoms with Crippen molar-refractivity contribution >= 4 is 17.8 Å². The fraction of sp³-hybridized carbons (Fsp3) is 0.0769. The number of nitrogens with zero attached hydrogens (tertiary/aromatic N) is 4. The van der Waals surface area contributed by atoms with Crippen LogP contribution in [0.15, 0.2) is 37.1 Å². The second kappa shape index (κ2) is 6.33. The highest BCUT2D eigenvalue weighted by atomic mass is 16.5. The number of hydrogen-bond donors (Lipinski definition) is 2. The van der Waals surface area contributed by atoms with Crippen molar-refractivity contribution in [2.45, 2.75) is 0 Å². The molecule has 21 heavy (non-hydrogen) atoms. The molecule has 0 saturated heterocycles. The summed E-state index contributed by atoms with van der Waals surface area (Å²) in [5.74, 6) is 0.478. The Kier molecular flexibility index (Phi) is 4.30. The van der Waals surface area contributed by atoms with Gasteiger partial charge in [-0.25, -0.2) is 9.97 Å². The highest BCUT2D eigenvalue weighted by Crippen LogP contribution is 2.27. The zero-order valence-corrected chi connectivity index (χ0v) is 11.2. The van der Waals surface area contributed by atoms with E-state index in [0.717, 1.165) is 11.3 Å². The van der Waals surface area contributed by atoms with Crippen LogP contribution < -0.4 is 10.5 Å². The van der Waals surface area contributed by atoms with E-state index < -0.39 is 0 Å². The van der Waals surface area contributed by atoms with Gasteiger partial charge in [0.1, 0.15) is 0 Å². The lowest BCUT2D eigenvalue weighted by atomic mass is 10.2. The highest BCUT2D eigenvalue weighted by Gasteiger charge is 2.12. The zero-order chi connectivity index (χ0) is 15.2.